The van der Waals surface area contributed by atoms with E-state index in [0.717, 1.165) is 23.5 Å². The molecule has 0 aliphatic carbocycles. The van der Waals surface area contributed by atoms with Crippen molar-refractivity contribution in [3.63, 3.8) is 0 Å². The lowest BCUT2D eigenvalue weighted by molar-refractivity contribution is 0.655. The van der Waals surface area contributed by atoms with Crippen LogP contribution in [0, 0.1) is 25.2 Å². The predicted octanol–water partition coefficient (Wildman–Crippen LogP) is 2.80. The first-order valence-corrected chi connectivity index (χ1v) is 5.62. The van der Waals surface area contributed by atoms with E-state index in [4.69, 9.17) is 0 Å². The van der Waals surface area contributed by atoms with Crippen molar-refractivity contribution < 1.29 is 0 Å². The molecule has 0 radical (unpaired) electrons. The molecule has 0 spiro atoms. The minimum absolute atomic E-state index is 0.390. The van der Waals surface area contributed by atoms with Gasteiger partial charge in [0, 0.05) is 18.8 Å². The van der Waals surface area contributed by atoms with E-state index in [1.165, 1.54) is 0 Å². The number of pyridine rings is 1. The van der Waals surface area contributed by atoms with Gasteiger partial charge in [0.25, 0.3) is 0 Å². The highest BCUT2D eigenvalue weighted by atomic mass is 15.2. The quantitative estimate of drug-likeness (QED) is 0.781. The van der Waals surface area contributed by atoms with E-state index in [0.29, 0.717) is 11.6 Å². The molecule has 0 saturated heterocycles. The van der Waals surface area contributed by atoms with Gasteiger partial charge in [-0.15, -0.1) is 0 Å². The van der Waals surface area contributed by atoms with Crippen LogP contribution in [0.25, 0.3) is 0 Å². The van der Waals surface area contributed by atoms with Crippen LogP contribution < -0.4 is 4.90 Å². The minimum atomic E-state index is 0.390. The molecule has 0 bridgehead atoms. The Morgan fingerprint density at radius 2 is 2.12 bits per heavy atom. The Morgan fingerprint density at radius 3 is 2.62 bits per heavy atom. The van der Waals surface area contributed by atoms with Crippen molar-refractivity contribution in [3.05, 3.63) is 22.9 Å². The maximum absolute atomic E-state index is 9.18. The molecule has 1 unspecified atom stereocenters. The third kappa shape index (κ3) is 2.33. The number of nitrogens with zero attached hydrogens (tertiary/aromatic N) is 3. The summed E-state index contributed by atoms with van der Waals surface area (Å²) in [6.45, 7) is 8.19. The SMILES string of the molecule is CCC(C)N(C)c1nc(C)cc(C)c1C#N. The smallest absolute Gasteiger partial charge is 0.147 e. The van der Waals surface area contributed by atoms with Crippen molar-refractivity contribution in [2.24, 2.45) is 0 Å². The Hall–Kier alpha value is -1.56. The maximum atomic E-state index is 9.18. The topological polar surface area (TPSA) is 39.9 Å². The van der Waals surface area contributed by atoms with Crippen molar-refractivity contribution >= 4 is 5.82 Å². The molecule has 0 fully saturated rings. The van der Waals surface area contributed by atoms with Gasteiger partial charge in [0.2, 0.25) is 0 Å². The van der Waals surface area contributed by atoms with Crippen LogP contribution in [-0.4, -0.2) is 18.1 Å². The molecule has 1 atom stereocenters. The zero-order valence-electron chi connectivity index (χ0n) is 10.7. The molecule has 1 aromatic heterocycles. The molecule has 1 rings (SSSR count). The Morgan fingerprint density at radius 1 is 1.50 bits per heavy atom. The molecule has 0 aromatic carbocycles. The third-order valence-electron chi connectivity index (χ3n) is 3.02. The number of rotatable bonds is 3. The van der Waals surface area contributed by atoms with Crippen LogP contribution in [0.15, 0.2) is 6.07 Å². The largest absolute Gasteiger partial charge is 0.356 e. The molecule has 16 heavy (non-hydrogen) atoms. The molecule has 3 heteroatoms. The monoisotopic (exact) mass is 217 g/mol. The summed E-state index contributed by atoms with van der Waals surface area (Å²) in [7, 11) is 2.00. The predicted molar refractivity (Wildman–Crippen MR) is 66.6 cm³/mol. The standard InChI is InChI=1S/C13H19N3/c1-6-11(4)16(5)13-12(8-14)9(2)7-10(3)15-13/h7,11H,6H2,1-5H3. The average molecular weight is 217 g/mol. The zero-order valence-corrected chi connectivity index (χ0v) is 10.7. The van der Waals surface area contributed by atoms with Crippen LogP contribution in [0.4, 0.5) is 5.82 Å². The van der Waals surface area contributed by atoms with Crippen LogP contribution in [0.1, 0.15) is 37.1 Å². The summed E-state index contributed by atoms with van der Waals surface area (Å²) in [6.07, 6.45) is 1.04. The van der Waals surface area contributed by atoms with Crippen molar-refractivity contribution in [2.45, 2.75) is 40.2 Å². The van der Waals surface area contributed by atoms with Gasteiger partial charge in [-0.05, 0) is 38.8 Å². The first kappa shape index (κ1) is 12.5. The van der Waals surface area contributed by atoms with Crippen LogP contribution in [0.3, 0.4) is 0 Å². The summed E-state index contributed by atoms with van der Waals surface area (Å²) in [5, 5.41) is 9.18. The summed E-state index contributed by atoms with van der Waals surface area (Å²) in [4.78, 5) is 6.56. The van der Waals surface area contributed by atoms with Crippen molar-refractivity contribution in [1.29, 1.82) is 5.26 Å². The van der Waals surface area contributed by atoms with Gasteiger partial charge in [-0.25, -0.2) is 4.98 Å². The molecule has 0 N–H and O–H groups in total. The molecule has 0 aliphatic heterocycles. The molecule has 3 nitrogen and oxygen atoms in total. The fraction of sp³-hybridized carbons (Fsp3) is 0.538. The Balaban J connectivity index is 3.27. The second kappa shape index (κ2) is 4.98. The van der Waals surface area contributed by atoms with E-state index in [1.54, 1.807) is 0 Å². The van der Waals surface area contributed by atoms with E-state index in [9.17, 15) is 5.26 Å². The summed E-state index contributed by atoms with van der Waals surface area (Å²) >= 11 is 0. The van der Waals surface area contributed by atoms with Crippen molar-refractivity contribution in [2.75, 3.05) is 11.9 Å². The first-order valence-electron chi connectivity index (χ1n) is 5.62. The van der Waals surface area contributed by atoms with Crippen LogP contribution in [-0.2, 0) is 0 Å². The van der Waals surface area contributed by atoms with Gasteiger partial charge in [0.15, 0.2) is 0 Å². The fourth-order valence-corrected chi connectivity index (χ4v) is 1.69. The van der Waals surface area contributed by atoms with Crippen molar-refractivity contribution in [3.8, 4) is 6.07 Å². The number of hydrogen-bond donors (Lipinski definition) is 0. The lowest BCUT2D eigenvalue weighted by Gasteiger charge is -2.26. The molecule has 1 heterocycles. The lowest BCUT2D eigenvalue weighted by atomic mass is 10.1. The Kier molecular flexibility index (Phi) is 3.89. The molecular weight excluding hydrogens is 198 g/mol. The Labute approximate surface area is 97.7 Å². The highest BCUT2D eigenvalue weighted by Crippen LogP contribution is 2.22. The van der Waals surface area contributed by atoms with Gasteiger partial charge >= 0.3 is 0 Å². The highest BCUT2D eigenvalue weighted by Gasteiger charge is 2.15. The second-order valence-corrected chi connectivity index (χ2v) is 4.26. The zero-order chi connectivity index (χ0) is 12.3. The van der Waals surface area contributed by atoms with Gasteiger partial charge in [-0.2, -0.15) is 5.26 Å². The second-order valence-electron chi connectivity index (χ2n) is 4.26. The van der Waals surface area contributed by atoms with Crippen LogP contribution in [0.5, 0.6) is 0 Å². The molecule has 0 saturated carbocycles. The average Bonchev–Trinajstić information content (AvgIpc) is 2.26. The minimum Gasteiger partial charge on any atom is -0.356 e. The highest BCUT2D eigenvalue weighted by molar-refractivity contribution is 5.58. The summed E-state index contributed by atoms with van der Waals surface area (Å²) in [5.41, 5.74) is 2.65. The van der Waals surface area contributed by atoms with E-state index in [2.05, 4.69) is 29.8 Å². The normalized spacial score (nSPS) is 12.0. The molecule has 0 amide bonds. The molecule has 1 aromatic rings. The van der Waals surface area contributed by atoms with Gasteiger partial charge in [0.1, 0.15) is 11.9 Å². The number of anilines is 1. The van der Waals surface area contributed by atoms with Gasteiger partial charge < -0.3 is 4.90 Å². The number of aromatic nitrogens is 1. The third-order valence-corrected chi connectivity index (χ3v) is 3.02. The molecule has 86 valence electrons. The van der Waals surface area contributed by atoms with Gasteiger partial charge in [-0.1, -0.05) is 6.92 Å². The number of nitriles is 1. The number of aryl methyl sites for hydroxylation is 2. The van der Waals surface area contributed by atoms with Crippen LogP contribution in [0.2, 0.25) is 0 Å². The number of hydrogen-bond acceptors (Lipinski definition) is 3. The summed E-state index contributed by atoms with van der Waals surface area (Å²) in [6, 6.07) is 4.59. The van der Waals surface area contributed by atoms with E-state index < -0.39 is 0 Å². The summed E-state index contributed by atoms with van der Waals surface area (Å²) in [5.74, 6) is 0.800. The molecular formula is C13H19N3. The van der Waals surface area contributed by atoms with E-state index >= 15 is 0 Å². The summed E-state index contributed by atoms with van der Waals surface area (Å²) < 4.78 is 0. The van der Waals surface area contributed by atoms with Crippen LogP contribution >= 0.6 is 0 Å². The Bertz CT molecular complexity index is 418. The van der Waals surface area contributed by atoms with E-state index in [-0.39, 0.29) is 0 Å². The van der Waals surface area contributed by atoms with E-state index in [1.807, 2.05) is 27.0 Å². The lowest BCUT2D eigenvalue weighted by Crippen LogP contribution is -2.30. The van der Waals surface area contributed by atoms with Crippen molar-refractivity contribution in [1.82, 2.24) is 4.98 Å². The first-order chi connectivity index (χ1) is 7.51. The molecule has 0 aliphatic rings. The van der Waals surface area contributed by atoms with Gasteiger partial charge in [0.05, 0.1) is 5.56 Å². The fourth-order valence-electron chi connectivity index (χ4n) is 1.69. The maximum Gasteiger partial charge on any atom is 0.147 e. The van der Waals surface area contributed by atoms with Gasteiger partial charge in [-0.3, -0.25) is 0 Å².